The summed E-state index contributed by atoms with van der Waals surface area (Å²) in [5.41, 5.74) is 5.08. The summed E-state index contributed by atoms with van der Waals surface area (Å²) in [6, 6.07) is 5.03. The highest BCUT2D eigenvalue weighted by Crippen LogP contribution is 2.37. The Kier molecular flexibility index (Phi) is 18.5. The van der Waals surface area contributed by atoms with E-state index in [0.717, 1.165) is 102 Å². The Balaban J connectivity index is 0.000000341. The largest absolute Gasteiger partial charge is 0.444 e. The highest BCUT2D eigenvalue weighted by Gasteiger charge is 2.43. The van der Waals surface area contributed by atoms with Crippen molar-refractivity contribution < 1.29 is 40.3 Å². The molecule has 0 radical (unpaired) electrons. The van der Waals surface area contributed by atoms with Crippen LogP contribution in [0.4, 0.5) is 19.7 Å². The second kappa shape index (κ2) is 21.2. The van der Waals surface area contributed by atoms with Crippen LogP contribution in [0.1, 0.15) is 121 Å². The minimum Gasteiger partial charge on any atom is -0.444 e. The molecule has 336 valence electrons. The lowest BCUT2D eigenvalue weighted by atomic mass is 9.93. The zero-order chi connectivity index (χ0) is 45.0. The number of likely N-dealkylation sites (tertiary alicyclic amines) is 2. The number of carbonyl (C=O) groups excluding carboxylic acids is 2. The van der Waals surface area contributed by atoms with Gasteiger partial charge in [-0.05, 0) is 150 Å². The van der Waals surface area contributed by atoms with Gasteiger partial charge in [-0.15, -0.1) is 0 Å². The number of nitrogens with two attached hydrogens (primary N) is 3. The van der Waals surface area contributed by atoms with Gasteiger partial charge < -0.3 is 30.3 Å². The van der Waals surface area contributed by atoms with E-state index in [-0.39, 0.29) is 33.3 Å². The number of aromatic nitrogens is 2. The average Bonchev–Trinajstić information content (AvgIpc) is 3.56. The van der Waals surface area contributed by atoms with Crippen molar-refractivity contribution in [1.82, 2.24) is 19.8 Å². The smallest absolute Gasteiger partial charge is 0.410 e. The van der Waals surface area contributed by atoms with E-state index < -0.39 is 37.1 Å². The monoisotopic (exact) mass is 872 g/mol. The lowest BCUT2D eigenvalue weighted by Crippen LogP contribution is -2.45. The first-order valence-electron chi connectivity index (χ1n) is 20.0. The zero-order valence-corrected chi connectivity index (χ0v) is 38.2. The first-order chi connectivity index (χ1) is 26.9. The van der Waals surface area contributed by atoms with Gasteiger partial charge in [-0.3, -0.25) is 0 Å². The molecule has 4 rings (SSSR count). The summed E-state index contributed by atoms with van der Waals surface area (Å²) in [5.74, 6) is 0.444. The van der Waals surface area contributed by atoms with Crippen molar-refractivity contribution in [3.63, 3.8) is 0 Å². The van der Waals surface area contributed by atoms with Crippen LogP contribution in [0, 0.1) is 17.7 Å². The second-order valence-electron chi connectivity index (χ2n) is 18.4. The summed E-state index contributed by atoms with van der Waals surface area (Å²) in [5, 5.41) is 12.5. The predicted octanol–water partition coefficient (Wildman–Crippen LogP) is 6.37. The minimum absolute atomic E-state index is 0.101. The van der Waals surface area contributed by atoms with Gasteiger partial charge in [0.25, 0.3) is 20.0 Å². The maximum Gasteiger partial charge on any atom is 0.410 e. The Morgan fingerprint density at radius 3 is 1.53 bits per heavy atom. The lowest BCUT2D eigenvalue weighted by Gasteiger charge is -2.33. The lowest BCUT2D eigenvalue weighted by molar-refractivity contribution is 0.0118. The Morgan fingerprint density at radius 2 is 1.17 bits per heavy atom. The molecule has 2 aromatic heterocycles. The zero-order valence-electron chi connectivity index (χ0n) is 36.6. The normalized spacial score (nSPS) is 18.9. The van der Waals surface area contributed by atoms with Gasteiger partial charge in [-0.1, -0.05) is 12.8 Å². The Labute approximate surface area is 351 Å². The molecule has 0 aliphatic carbocycles. The van der Waals surface area contributed by atoms with E-state index in [1.54, 1.807) is 6.07 Å². The number of unbranched alkanes of at least 4 members (excludes halogenated alkanes) is 2. The Morgan fingerprint density at radius 1 is 0.746 bits per heavy atom. The highest BCUT2D eigenvalue weighted by atomic mass is 32.2. The van der Waals surface area contributed by atoms with Crippen molar-refractivity contribution in [2.75, 3.05) is 31.5 Å². The van der Waals surface area contributed by atoms with Gasteiger partial charge in [0.05, 0.1) is 18.1 Å². The van der Waals surface area contributed by atoms with Crippen LogP contribution in [0.2, 0.25) is 0 Å². The number of carbonyl (C=O) groups is 2. The van der Waals surface area contributed by atoms with Crippen molar-refractivity contribution in [3.8, 4) is 0 Å². The predicted molar refractivity (Wildman–Crippen MR) is 227 cm³/mol. The third-order valence-electron chi connectivity index (χ3n) is 9.60. The number of primary sulfonamides is 2. The number of anilines is 1. The van der Waals surface area contributed by atoms with Crippen molar-refractivity contribution in [2.24, 2.45) is 27.8 Å². The third kappa shape index (κ3) is 18.7. The van der Waals surface area contributed by atoms with Crippen LogP contribution in [0.15, 0.2) is 46.7 Å². The van der Waals surface area contributed by atoms with E-state index in [9.17, 15) is 30.8 Å². The van der Waals surface area contributed by atoms with E-state index in [2.05, 4.69) is 43.0 Å². The van der Waals surface area contributed by atoms with Crippen molar-refractivity contribution >= 4 is 37.9 Å². The van der Waals surface area contributed by atoms with Crippen LogP contribution in [0.25, 0.3) is 0 Å². The molecule has 16 nitrogen and oxygen atoms in total. The molecule has 59 heavy (non-hydrogen) atoms. The molecule has 2 amide bonds. The number of rotatable bonds is 12. The number of hydrogen-bond acceptors (Lipinski definition) is 12. The molecule has 0 aromatic carbocycles. The van der Waals surface area contributed by atoms with E-state index in [4.69, 9.17) is 25.5 Å². The molecule has 2 aliphatic heterocycles. The fourth-order valence-corrected chi connectivity index (χ4v) is 7.90. The molecule has 2 saturated heterocycles. The summed E-state index contributed by atoms with van der Waals surface area (Å²) in [4.78, 5) is 35.6. The molecule has 4 heterocycles. The number of ether oxygens (including phenoxy) is 2. The molecule has 19 heteroatoms. The molecule has 2 unspecified atom stereocenters. The number of nitrogens with zero attached hydrogens (tertiary/aromatic N) is 4. The summed E-state index contributed by atoms with van der Waals surface area (Å²) in [7, 11) is -7.56. The van der Waals surface area contributed by atoms with Crippen LogP contribution >= 0.6 is 0 Å². The van der Waals surface area contributed by atoms with Gasteiger partial charge in [0.15, 0.2) is 10.1 Å². The van der Waals surface area contributed by atoms with Crippen LogP contribution in [-0.2, 0) is 29.5 Å². The Hall–Kier alpha value is -3.65. The number of sulfonamides is 2. The van der Waals surface area contributed by atoms with Gasteiger partial charge in [0.2, 0.25) is 0 Å². The number of nitrogens with one attached hydrogen (secondary N) is 1. The fraction of sp³-hybridized carbons (Fsp3) is 0.700. The number of halogens is 1. The maximum absolute atomic E-state index is 12.5. The molecular formula is C40H69FN8O8S2. The van der Waals surface area contributed by atoms with Crippen molar-refractivity contribution in [3.05, 3.63) is 42.5 Å². The average molecular weight is 873 g/mol. The van der Waals surface area contributed by atoms with Gasteiger partial charge in [0, 0.05) is 30.7 Å². The van der Waals surface area contributed by atoms with Gasteiger partial charge in [-0.25, -0.2) is 51.1 Å². The first kappa shape index (κ1) is 51.5. The minimum atomic E-state index is -3.80. The summed E-state index contributed by atoms with van der Waals surface area (Å²) in [6.07, 6.45) is 10.3. The summed E-state index contributed by atoms with van der Waals surface area (Å²) < 4.78 is 66.7. The van der Waals surface area contributed by atoms with Gasteiger partial charge >= 0.3 is 12.2 Å². The van der Waals surface area contributed by atoms with Crippen molar-refractivity contribution in [1.29, 1.82) is 0 Å². The van der Waals surface area contributed by atoms with E-state index in [1.165, 1.54) is 12.3 Å². The van der Waals surface area contributed by atoms with Gasteiger partial charge in [-0.2, -0.15) is 0 Å². The second-order valence-corrected chi connectivity index (χ2v) is 21.5. The van der Waals surface area contributed by atoms with E-state index >= 15 is 0 Å². The van der Waals surface area contributed by atoms with Crippen LogP contribution in [0.5, 0.6) is 0 Å². The molecule has 2 aromatic rings. The standard InChI is InChI=1S/C20H34N4O4S.C15H30N2O2.C5H5FN2O2S/c1-19(2,3)28-18(25)24-14-15(12-20(24,4)5)8-6-7-11-22-16-9-10-17(23-13-16)29(21,26)27;1-14(2,3)19-13(18)17-11-12(8-6-7-9-16)10-15(17,4)5;6-4-1-2-5(8-3-4)11(7,9)10/h9-10,13,15,22H,6-8,11-12,14H2,1-5H3,(H2,21,26,27);12H,6-11,16H2,1-5H3;1-3H,(H2,7,9,10). The molecule has 0 bridgehead atoms. The molecule has 2 atom stereocenters. The molecule has 0 spiro atoms. The van der Waals surface area contributed by atoms with Crippen LogP contribution in [-0.4, -0.2) is 97.2 Å². The molecule has 2 fully saturated rings. The molecule has 0 saturated carbocycles. The molecule has 7 N–H and O–H groups in total. The highest BCUT2D eigenvalue weighted by molar-refractivity contribution is 7.89. The quantitative estimate of drug-likeness (QED) is 0.170. The third-order valence-corrected chi connectivity index (χ3v) is 11.3. The molecular weight excluding hydrogens is 804 g/mol. The van der Waals surface area contributed by atoms with Crippen LogP contribution < -0.4 is 21.3 Å². The number of pyridine rings is 2. The topological polar surface area (TPSA) is 243 Å². The first-order valence-corrected chi connectivity index (χ1v) is 23.1. The summed E-state index contributed by atoms with van der Waals surface area (Å²) in [6.45, 7) is 22.9. The van der Waals surface area contributed by atoms with Gasteiger partial charge in [0.1, 0.15) is 17.0 Å². The van der Waals surface area contributed by atoms with E-state index in [1.807, 2.05) is 51.3 Å². The van der Waals surface area contributed by atoms with Crippen LogP contribution in [0.3, 0.4) is 0 Å². The number of amides is 2. The Bertz CT molecular complexity index is 1870. The van der Waals surface area contributed by atoms with E-state index in [0.29, 0.717) is 11.8 Å². The fourth-order valence-electron chi connectivity index (χ4n) is 6.99. The van der Waals surface area contributed by atoms with Crippen molar-refractivity contribution in [2.45, 2.75) is 153 Å². The molecule has 2 aliphatic rings. The summed E-state index contributed by atoms with van der Waals surface area (Å²) >= 11 is 0. The number of hydrogen-bond donors (Lipinski definition) is 4. The SMILES string of the molecule is CC(C)(C)OC(=O)N1CC(CCCCN)CC1(C)C.CC(C)(C)OC(=O)N1CC(CCCCNc2ccc(S(N)(=O)=O)nc2)CC1(C)C.NS(=O)(=O)c1ccc(F)cn1. The maximum atomic E-state index is 12.5.